The number of fused-ring (bicyclic) bond motifs is 1. The van der Waals surface area contributed by atoms with Gasteiger partial charge < -0.3 is 19.7 Å². The first-order chi connectivity index (χ1) is 18.0. The highest BCUT2D eigenvalue weighted by atomic mass is 35.5. The van der Waals surface area contributed by atoms with Crippen LogP contribution in [0, 0.1) is 0 Å². The first-order valence-electron chi connectivity index (χ1n) is 12.4. The minimum absolute atomic E-state index is 0.0294. The van der Waals surface area contributed by atoms with Crippen LogP contribution in [0.15, 0.2) is 36.4 Å². The maximum atomic E-state index is 13.7. The summed E-state index contributed by atoms with van der Waals surface area (Å²) in [7, 11) is -3.87. The summed E-state index contributed by atoms with van der Waals surface area (Å²) in [6, 6.07) is 8.80. The average molecular weight is 585 g/mol. The van der Waals surface area contributed by atoms with Gasteiger partial charge in [0.15, 0.2) is 11.5 Å². The number of ether oxygens (including phenoxy) is 2. The van der Waals surface area contributed by atoms with Crippen molar-refractivity contribution in [2.75, 3.05) is 23.9 Å². The zero-order valence-corrected chi connectivity index (χ0v) is 23.6. The SMILES string of the molecule is C[C@@H](C(=O)NC1CCCCC1)N(Cc1ccc(Cl)c(Cl)c1)C(=O)CN(c1ccc2c(c1)OCO2)S(C)(=O)=O. The summed E-state index contributed by atoms with van der Waals surface area (Å²) in [4.78, 5) is 28.3. The van der Waals surface area contributed by atoms with Gasteiger partial charge in [0.1, 0.15) is 12.6 Å². The van der Waals surface area contributed by atoms with Crippen LogP contribution in [0.1, 0.15) is 44.6 Å². The van der Waals surface area contributed by atoms with Gasteiger partial charge in [0.2, 0.25) is 28.6 Å². The Morgan fingerprint density at radius 2 is 1.74 bits per heavy atom. The van der Waals surface area contributed by atoms with E-state index < -0.39 is 28.5 Å². The van der Waals surface area contributed by atoms with Crippen molar-refractivity contribution in [1.82, 2.24) is 10.2 Å². The second kappa shape index (κ2) is 12.0. The van der Waals surface area contributed by atoms with Crippen molar-refractivity contribution < 1.29 is 27.5 Å². The molecule has 0 radical (unpaired) electrons. The molecule has 0 bridgehead atoms. The Bertz CT molecular complexity index is 1300. The first kappa shape index (κ1) is 28.3. The predicted molar refractivity (Wildman–Crippen MR) is 146 cm³/mol. The summed E-state index contributed by atoms with van der Waals surface area (Å²) in [5, 5.41) is 3.74. The van der Waals surface area contributed by atoms with Crippen LogP contribution in [0.4, 0.5) is 5.69 Å². The molecule has 2 aromatic rings. The van der Waals surface area contributed by atoms with Crippen molar-refractivity contribution in [2.24, 2.45) is 0 Å². The van der Waals surface area contributed by atoms with Gasteiger partial charge >= 0.3 is 0 Å². The number of sulfonamides is 1. The number of nitrogens with zero attached hydrogens (tertiary/aromatic N) is 2. The molecule has 2 aliphatic rings. The fourth-order valence-electron chi connectivity index (χ4n) is 4.64. The Morgan fingerprint density at radius 1 is 1.03 bits per heavy atom. The molecule has 206 valence electrons. The number of anilines is 1. The van der Waals surface area contributed by atoms with E-state index in [2.05, 4.69) is 5.32 Å². The molecule has 1 aliphatic heterocycles. The number of halogens is 2. The number of hydrogen-bond donors (Lipinski definition) is 1. The van der Waals surface area contributed by atoms with Crippen LogP contribution in [0.25, 0.3) is 0 Å². The quantitative estimate of drug-likeness (QED) is 0.470. The van der Waals surface area contributed by atoms with Crippen LogP contribution >= 0.6 is 23.2 Å². The fraction of sp³-hybridized carbons (Fsp3) is 0.462. The molecule has 1 atom stereocenters. The van der Waals surface area contributed by atoms with E-state index in [0.717, 1.165) is 42.7 Å². The molecule has 2 aromatic carbocycles. The van der Waals surface area contributed by atoms with E-state index >= 15 is 0 Å². The topological polar surface area (TPSA) is 105 Å². The van der Waals surface area contributed by atoms with Gasteiger partial charge in [-0.2, -0.15) is 0 Å². The van der Waals surface area contributed by atoms with Crippen LogP contribution in [0.2, 0.25) is 10.0 Å². The molecule has 0 unspecified atom stereocenters. The van der Waals surface area contributed by atoms with Gasteiger partial charge in [-0.25, -0.2) is 8.42 Å². The highest BCUT2D eigenvalue weighted by molar-refractivity contribution is 7.92. The maximum Gasteiger partial charge on any atom is 0.244 e. The second-order valence-electron chi connectivity index (χ2n) is 9.60. The number of carbonyl (C=O) groups is 2. The summed E-state index contributed by atoms with van der Waals surface area (Å²) < 4.78 is 37.2. The van der Waals surface area contributed by atoms with Crippen molar-refractivity contribution in [3.05, 3.63) is 52.0 Å². The van der Waals surface area contributed by atoms with Crippen molar-refractivity contribution in [3.63, 3.8) is 0 Å². The molecule has 1 fully saturated rings. The lowest BCUT2D eigenvalue weighted by atomic mass is 9.95. The fourth-order valence-corrected chi connectivity index (χ4v) is 5.80. The third kappa shape index (κ3) is 6.84. The minimum atomic E-state index is -3.87. The molecule has 38 heavy (non-hydrogen) atoms. The molecular formula is C26H31Cl2N3O6S. The van der Waals surface area contributed by atoms with E-state index in [9.17, 15) is 18.0 Å². The van der Waals surface area contributed by atoms with Gasteiger partial charge in [0.25, 0.3) is 0 Å². The highest BCUT2D eigenvalue weighted by Crippen LogP contribution is 2.36. The lowest BCUT2D eigenvalue weighted by Crippen LogP contribution is -2.52. The molecule has 0 saturated heterocycles. The van der Waals surface area contributed by atoms with E-state index in [1.165, 1.54) is 11.0 Å². The largest absolute Gasteiger partial charge is 0.454 e. The van der Waals surface area contributed by atoms with Gasteiger partial charge in [0, 0.05) is 18.7 Å². The normalized spacial score (nSPS) is 16.1. The molecule has 0 aromatic heterocycles. The average Bonchev–Trinajstić information content (AvgIpc) is 3.35. The van der Waals surface area contributed by atoms with Gasteiger partial charge in [0.05, 0.1) is 22.0 Å². The number of carbonyl (C=O) groups excluding carboxylic acids is 2. The lowest BCUT2D eigenvalue weighted by molar-refractivity contribution is -0.139. The molecule has 4 rings (SSSR count). The molecule has 0 spiro atoms. The van der Waals surface area contributed by atoms with E-state index in [-0.39, 0.29) is 31.0 Å². The first-order valence-corrected chi connectivity index (χ1v) is 15.0. The summed E-state index contributed by atoms with van der Waals surface area (Å²) >= 11 is 12.3. The third-order valence-corrected chi connectivity index (χ3v) is 8.66. The minimum Gasteiger partial charge on any atom is -0.454 e. The molecule has 1 N–H and O–H groups in total. The Balaban J connectivity index is 1.60. The molecular weight excluding hydrogens is 553 g/mol. The zero-order chi connectivity index (χ0) is 27.4. The molecule has 1 heterocycles. The van der Waals surface area contributed by atoms with E-state index in [4.69, 9.17) is 32.7 Å². The molecule has 9 nitrogen and oxygen atoms in total. The summed E-state index contributed by atoms with van der Waals surface area (Å²) in [5.41, 5.74) is 0.901. The Kier molecular flexibility index (Phi) is 8.95. The van der Waals surface area contributed by atoms with Crippen LogP contribution < -0.4 is 19.1 Å². The number of nitrogens with one attached hydrogen (secondary N) is 1. The third-order valence-electron chi connectivity index (χ3n) is 6.78. The van der Waals surface area contributed by atoms with Gasteiger partial charge in [-0.1, -0.05) is 48.5 Å². The zero-order valence-electron chi connectivity index (χ0n) is 21.3. The lowest BCUT2D eigenvalue weighted by Gasteiger charge is -2.33. The summed E-state index contributed by atoms with van der Waals surface area (Å²) in [6.45, 7) is 1.19. The molecule has 1 aliphatic carbocycles. The van der Waals surface area contributed by atoms with Crippen LogP contribution in [0.5, 0.6) is 11.5 Å². The second-order valence-corrected chi connectivity index (χ2v) is 12.3. The highest BCUT2D eigenvalue weighted by Gasteiger charge is 2.32. The predicted octanol–water partition coefficient (Wildman–Crippen LogP) is 4.35. The van der Waals surface area contributed by atoms with Crippen LogP contribution in [0.3, 0.4) is 0 Å². The maximum absolute atomic E-state index is 13.7. The van der Waals surface area contributed by atoms with E-state index in [1.54, 1.807) is 37.3 Å². The van der Waals surface area contributed by atoms with Crippen LogP contribution in [-0.2, 0) is 26.2 Å². The summed E-state index contributed by atoms with van der Waals surface area (Å²) in [5.74, 6) is 0.0315. The van der Waals surface area contributed by atoms with Crippen molar-refractivity contribution in [1.29, 1.82) is 0 Å². The number of amides is 2. The number of rotatable bonds is 9. The Morgan fingerprint density at radius 3 is 2.42 bits per heavy atom. The Labute approximate surface area is 233 Å². The van der Waals surface area contributed by atoms with Gasteiger partial charge in [-0.05, 0) is 49.6 Å². The van der Waals surface area contributed by atoms with Crippen molar-refractivity contribution in [3.8, 4) is 11.5 Å². The van der Waals surface area contributed by atoms with Gasteiger partial charge in [-0.3, -0.25) is 13.9 Å². The Hall–Kier alpha value is -2.69. The molecule has 2 amide bonds. The number of benzene rings is 2. The summed E-state index contributed by atoms with van der Waals surface area (Å²) in [6.07, 6.45) is 6.04. The van der Waals surface area contributed by atoms with E-state index in [0.29, 0.717) is 27.1 Å². The van der Waals surface area contributed by atoms with E-state index in [1.807, 2.05) is 0 Å². The monoisotopic (exact) mass is 583 g/mol. The smallest absolute Gasteiger partial charge is 0.244 e. The van der Waals surface area contributed by atoms with Crippen molar-refractivity contribution in [2.45, 2.75) is 57.7 Å². The number of hydrogen-bond acceptors (Lipinski definition) is 6. The van der Waals surface area contributed by atoms with Crippen molar-refractivity contribution >= 4 is 50.7 Å². The van der Waals surface area contributed by atoms with Crippen LogP contribution in [-0.4, -0.2) is 56.8 Å². The van der Waals surface area contributed by atoms with Gasteiger partial charge in [-0.15, -0.1) is 0 Å². The molecule has 1 saturated carbocycles. The molecule has 12 heteroatoms. The standard InChI is InChI=1S/C26H31Cl2N3O6S/c1-17(26(33)29-19-6-4-3-5-7-19)30(14-18-8-10-21(27)22(28)12-18)25(32)15-31(38(2,34)35)20-9-11-23-24(13-20)37-16-36-23/h8-13,17,19H,3-7,14-16H2,1-2H3,(H,29,33)/t17-/m0/s1.